The lowest BCUT2D eigenvalue weighted by Gasteiger charge is -2.76. The van der Waals surface area contributed by atoms with Gasteiger partial charge >= 0.3 is 8.56 Å². The molecule has 2 aromatic rings. The van der Waals surface area contributed by atoms with Crippen LogP contribution in [0, 0.1) is 0 Å². The van der Waals surface area contributed by atoms with Gasteiger partial charge < -0.3 is 4.57 Å². The second-order valence-corrected chi connectivity index (χ2v) is 14.5. The van der Waals surface area contributed by atoms with E-state index in [1.54, 1.807) is 0 Å². The lowest BCUT2D eigenvalue weighted by Crippen LogP contribution is -2.95. The minimum absolute atomic E-state index is 0.129. The molecular formula is C30H44N4Si. The van der Waals surface area contributed by atoms with Crippen LogP contribution in [0.2, 0.25) is 6.04 Å². The van der Waals surface area contributed by atoms with Crippen LogP contribution < -0.4 is 0 Å². The highest BCUT2D eigenvalue weighted by Gasteiger charge is 2.74. The van der Waals surface area contributed by atoms with E-state index in [4.69, 9.17) is 4.99 Å². The number of hydrogen-bond acceptors (Lipinski definition) is 3. The monoisotopic (exact) mass is 488 g/mol. The van der Waals surface area contributed by atoms with Crippen molar-refractivity contribution in [3.63, 3.8) is 0 Å². The molecule has 4 nitrogen and oxygen atoms in total. The molecule has 35 heavy (non-hydrogen) atoms. The number of aliphatic imine (C=N–C) groups is 1. The molecule has 0 N–H and O–H groups in total. The Balaban J connectivity index is 2.01. The van der Waals surface area contributed by atoms with Crippen LogP contribution in [0.5, 0.6) is 0 Å². The fraction of sp³-hybridized carbons (Fsp3) is 0.500. The summed E-state index contributed by atoms with van der Waals surface area (Å²) in [6.07, 6.45) is 5.93. The number of hydrogen-bond donors (Lipinski definition) is 0. The summed E-state index contributed by atoms with van der Waals surface area (Å²) in [6.45, 7) is 18.7. The van der Waals surface area contributed by atoms with Crippen LogP contribution in [0.3, 0.4) is 0 Å². The summed E-state index contributed by atoms with van der Waals surface area (Å²) in [6, 6.07) is 24.5. The first-order valence-corrected chi connectivity index (χ1v) is 15.4. The molecule has 1 saturated heterocycles. The Morgan fingerprint density at radius 1 is 0.800 bits per heavy atom. The lowest BCUT2D eigenvalue weighted by molar-refractivity contribution is -0.102. The minimum Gasteiger partial charge on any atom is -0.355 e. The fourth-order valence-corrected chi connectivity index (χ4v) is 13.2. The van der Waals surface area contributed by atoms with E-state index in [2.05, 4.69) is 142 Å². The van der Waals surface area contributed by atoms with E-state index in [0.717, 1.165) is 18.3 Å². The highest BCUT2D eigenvalue weighted by atomic mass is 28.4. The van der Waals surface area contributed by atoms with Gasteiger partial charge in [-0.15, -0.1) is 0 Å². The van der Waals surface area contributed by atoms with Crippen molar-refractivity contribution in [1.29, 1.82) is 0 Å². The van der Waals surface area contributed by atoms with Crippen molar-refractivity contribution in [1.82, 2.24) is 13.7 Å². The van der Waals surface area contributed by atoms with E-state index in [9.17, 15) is 0 Å². The van der Waals surface area contributed by atoms with Crippen LogP contribution in [0.1, 0.15) is 72.9 Å². The number of nitrogens with zero attached hydrogens (tertiary/aromatic N) is 4. The first-order valence-electron chi connectivity index (χ1n) is 13.4. The normalized spacial score (nSPS) is 25.4. The van der Waals surface area contributed by atoms with Crippen molar-refractivity contribution in [2.75, 3.05) is 0 Å². The molecule has 3 aliphatic heterocycles. The van der Waals surface area contributed by atoms with Gasteiger partial charge in [-0.2, -0.15) is 0 Å². The first-order chi connectivity index (χ1) is 16.7. The van der Waals surface area contributed by atoms with Crippen molar-refractivity contribution in [3.05, 3.63) is 83.9 Å². The van der Waals surface area contributed by atoms with Gasteiger partial charge in [-0.25, -0.2) is 0 Å². The van der Waals surface area contributed by atoms with Crippen molar-refractivity contribution >= 4 is 14.4 Å². The number of benzene rings is 2. The number of allylic oxidation sites excluding steroid dienone is 1. The highest BCUT2D eigenvalue weighted by molar-refractivity contribution is 6.77. The molecule has 0 aromatic heterocycles. The molecule has 1 fully saturated rings. The molecule has 0 aliphatic carbocycles. The summed E-state index contributed by atoms with van der Waals surface area (Å²) < 4.78 is 8.61. The average molecular weight is 489 g/mol. The van der Waals surface area contributed by atoms with E-state index < -0.39 is 8.56 Å². The van der Waals surface area contributed by atoms with Crippen LogP contribution in [-0.2, 0) is 5.66 Å². The smallest absolute Gasteiger partial charge is 0.328 e. The van der Waals surface area contributed by atoms with Gasteiger partial charge in [0.05, 0.1) is 5.66 Å². The van der Waals surface area contributed by atoms with Crippen LogP contribution in [-0.4, -0.2) is 52.3 Å². The van der Waals surface area contributed by atoms with E-state index in [1.807, 2.05) is 0 Å². The van der Waals surface area contributed by atoms with Gasteiger partial charge in [0.1, 0.15) is 5.84 Å². The third-order valence-electron chi connectivity index (χ3n) is 7.34. The van der Waals surface area contributed by atoms with E-state index in [-0.39, 0.29) is 11.7 Å². The lowest BCUT2D eigenvalue weighted by atomic mass is 9.92. The van der Waals surface area contributed by atoms with Crippen LogP contribution in [0.25, 0.3) is 0 Å². The Morgan fingerprint density at radius 3 is 1.83 bits per heavy atom. The third-order valence-corrected chi connectivity index (χ3v) is 12.9. The Bertz CT molecular complexity index is 1030. The summed E-state index contributed by atoms with van der Waals surface area (Å²) >= 11 is 0. The van der Waals surface area contributed by atoms with E-state index >= 15 is 0 Å². The Hall–Kier alpha value is -2.21. The van der Waals surface area contributed by atoms with Crippen molar-refractivity contribution in [2.24, 2.45) is 4.99 Å². The van der Waals surface area contributed by atoms with Gasteiger partial charge in [-0.05, 0) is 33.3 Å². The van der Waals surface area contributed by atoms with Gasteiger partial charge in [0.2, 0.25) is 0 Å². The molecular weight excluding hydrogens is 444 g/mol. The predicted molar refractivity (Wildman–Crippen MR) is 151 cm³/mol. The topological polar surface area (TPSA) is 22.1 Å². The second-order valence-electron chi connectivity index (χ2n) is 11.1. The van der Waals surface area contributed by atoms with Gasteiger partial charge in [-0.3, -0.25) is 14.1 Å². The summed E-state index contributed by atoms with van der Waals surface area (Å²) in [5.74, 6) is 1.15. The standard InChI is InChI=1S/C30H44N4Si/c1-23(2)31-29(27-17-11-9-12-18-27)32(24(3)4)35-22-16-15-21-30(33(35)25(5)6,34(35)26(7)8)28-19-13-10-14-20-28/h9-20,23-26H,21-22H2,1-8H3. The van der Waals surface area contributed by atoms with Crippen LogP contribution in [0.4, 0.5) is 0 Å². The van der Waals surface area contributed by atoms with Gasteiger partial charge in [0, 0.05) is 42.2 Å². The zero-order valence-corrected chi connectivity index (χ0v) is 23.9. The minimum atomic E-state index is -2.41. The molecule has 5 heteroatoms. The predicted octanol–water partition coefficient (Wildman–Crippen LogP) is 6.74. The molecule has 188 valence electrons. The Kier molecular flexibility index (Phi) is 7.42. The molecule has 0 saturated carbocycles. The first kappa shape index (κ1) is 25.9. The average Bonchev–Trinajstić information content (AvgIpc) is 3.08. The molecule has 0 spiro atoms. The molecule has 3 heterocycles. The molecule has 2 bridgehead atoms. The summed E-state index contributed by atoms with van der Waals surface area (Å²) in [7, 11) is -2.41. The molecule has 5 rings (SSSR count). The maximum atomic E-state index is 5.33. The van der Waals surface area contributed by atoms with Crippen molar-refractivity contribution in [2.45, 2.75) is 97.7 Å². The van der Waals surface area contributed by atoms with Crippen molar-refractivity contribution in [3.8, 4) is 0 Å². The van der Waals surface area contributed by atoms with E-state index in [1.165, 1.54) is 11.1 Å². The van der Waals surface area contributed by atoms with Crippen molar-refractivity contribution < 1.29 is 0 Å². The SMILES string of the molecule is CC(C)N=C(c1ccccc1)N(C(C)C)[Si]12CC=CCC(c3ccccc3)(N1C(C)C)N2C(C)C. The van der Waals surface area contributed by atoms with Gasteiger partial charge in [-0.1, -0.05) is 101 Å². The molecule has 0 amide bonds. The molecule has 0 radical (unpaired) electrons. The van der Waals surface area contributed by atoms with Crippen LogP contribution >= 0.6 is 0 Å². The zero-order chi connectivity index (χ0) is 25.4. The van der Waals surface area contributed by atoms with Crippen LogP contribution in [0.15, 0.2) is 77.8 Å². The maximum Gasteiger partial charge on any atom is 0.328 e. The van der Waals surface area contributed by atoms with Gasteiger partial charge in [0.25, 0.3) is 0 Å². The maximum absolute atomic E-state index is 5.33. The Morgan fingerprint density at radius 2 is 1.34 bits per heavy atom. The summed E-state index contributed by atoms with van der Waals surface area (Å²) in [5.41, 5.74) is 2.49. The molecule has 0 unspecified atom stereocenters. The number of amidine groups is 1. The highest BCUT2D eigenvalue weighted by Crippen LogP contribution is 2.58. The van der Waals surface area contributed by atoms with Gasteiger partial charge in [0.15, 0.2) is 0 Å². The molecule has 3 aliphatic rings. The second kappa shape index (κ2) is 10.0. The third kappa shape index (κ3) is 4.12. The number of rotatable bonds is 7. The summed E-state index contributed by atoms with van der Waals surface area (Å²) in [4.78, 5) is 5.33. The molecule has 0 atom stereocenters. The quantitative estimate of drug-likeness (QED) is 0.186. The largest absolute Gasteiger partial charge is 0.355 e. The molecule has 2 aromatic carbocycles. The fourth-order valence-electron chi connectivity index (χ4n) is 6.71. The van der Waals surface area contributed by atoms with E-state index in [0.29, 0.717) is 18.1 Å². The zero-order valence-electron chi connectivity index (χ0n) is 22.9. The Labute approximate surface area is 214 Å². The summed E-state index contributed by atoms with van der Waals surface area (Å²) in [5, 5.41) is 0. The number of fused-ring (bicyclic) bond motifs is 2.